The second-order valence-electron chi connectivity index (χ2n) is 9.17. The molecule has 0 radical (unpaired) electrons. The molecule has 30 heavy (non-hydrogen) atoms. The summed E-state index contributed by atoms with van der Waals surface area (Å²) in [5.41, 5.74) is 0.775. The Hall–Kier alpha value is -2.38. The molecule has 1 spiro atoms. The normalized spacial score (nSPS) is 43.3. The van der Waals surface area contributed by atoms with Crippen LogP contribution in [0.3, 0.4) is 0 Å². The van der Waals surface area contributed by atoms with Crippen molar-refractivity contribution in [1.29, 1.82) is 0 Å². The first-order chi connectivity index (χ1) is 14.4. The number of allylic oxidation sites excluding steroid dienone is 1. The fourth-order valence-electron chi connectivity index (χ4n) is 7.51. The number of carbonyl (C=O) groups excluding carboxylic acids is 2. The van der Waals surface area contributed by atoms with Crippen LogP contribution in [-0.4, -0.2) is 55.1 Å². The Morgan fingerprint density at radius 1 is 1.37 bits per heavy atom. The fraction of sp³-hybridized carbons (Fsp3) is 0.565. The summed E-state index contributed by atoms with van der Waals surface area (Å²) < 4.78 is 17.9. The predicted molar refractivity (Wildman–Crippen MR) is 107 cm³/mol. The van der Waals surface area contributed by atoms with E-state index in [0.29, 0.717) is 6.42 Å². The van der Waals surface area contributed by atoms with E-state index in [1.54, 1.807) is 0 Å². The Morgan fingerprint density at radius 2 is 2.17 bits per heavy atom. The van der Waals surface area contributed by atoms with Crippen LogP contribution < -0.4 is 5.32 Å². The number of benzene rings is 1. The number of ether oxygens (including phenoxy) is 3. The standard InChI is InChI=1S/C23H26N2O5/c1-4-14-11-25-18-9-16(14)21(20(27)28-3,12-29-13(2)26)22-10-19(25)30-23(18,22)24-17-8-6-5-7-15(17)22/h4-8,16,18-19,24H,9-12H2,1-3H3/t16-,18-,19-,21-,22-,23-/m0/s1. The molecule has 3 saturated heterocycles. The van der Waals surface area contributed by atoms with Crippen LogP contribution in [0, 0.1) is 11.3 Å². The molecule has 1 aliphatic carbocycles. The Bertz CT molecular complexity index is 1010. The largest absolute Gasteiger partial charge is 0.468 e. The van der Waals surface area contributed by atoms with Crippen molar-refractivity contribution in [3.63, 3.8) is 0 Å². The molecule has 158 valence electrons. The topological polar surface area (TPSA) is 77.1 Å². The maximum Gasteiger partial charge on any atom is 0.317 e. The van der Waals surface area contributed by atoms with Gasteiger partial charge in [0.25, 0.3) is 0 Å². The Morgan fingerprint density at radius 3 is 2.90 bits per heavy atom. The third-order valence-electron chi connectivity index (χ3n) is 8.44. The molecule has 4 aliphatic heterocycles. The molecule has 1 saturated carbocycles. The van der Waals surface area contributed by atoms with Gasteiger partial charge in [-0.05, 0) is 25.0 Å². The van der Waals surface area contributed by atoms with Gasteiger partial charge in [0.2, 0.25) is 0 Å². The van der Waals surface area contributed by atoms with Crippen molar-refractivity contribution in [3.05, 3.63) is 41.5 Å². The van der Waals surface area contributed by atoms with Gasteiger partial charge in [-0.3, -0.25) is 14.5 Å². The zero-order valence-corrected chi connectivity index (χ0v) is 17.4. The monoisotopic (exact) mass is 410 g/mol. The molecule has 4 fully saturated rings. The SMILES string of the molecule is CC=C1CN2[C@@H]3C[C@@]45c6ccccc6N[C@]4(O3)[C@@H]2C[C@@H]1[C@@]5(COC(C)=O)C(=O)OC. The van der Waals surface area contributed by atoms with Gasteiger partial charge in [0, 0.05) is 31.5 Å². The molecule has 5 aliphatic rings. The zero-order valence-electron chi connectivity index (χ0n) is 17.4. The summed E-state index contributed by atoms with van der Waals surface area (Å²) in [6, 6.07) is 8.28. The third-order valence-corrected chi connectivity index (χ3v) is 8.44. The van der Waals surface area contributed by atoms with Gasteiger partial charge in [-0.15, -0.1) is 0 Å². The summed E-state index contributed by atoms with van der Waals surface area (Å²) in [4.78, 5) is 28.2. The van der Waals surface area contributed by atoms with E-state index in [1.165, 1.54) is 19.6 Å². The predicted octanol–water partition coefficient (Wildman–Crippen LogP) is 2.18. The first-order valence-corrected chi connectivity index (χ1v) is 10.6. The number of rotatable bonds is 3. The minimum atomic E-state index is -1.06. The fourth-order valence-corrected chi connectivity index (χ4v) is 7.51. The summed E-state index contributed by atoms with van der Waals surface area (Å²) in [5, 5.41) is 3.70. The highest BCUT2D eigenvalue weighted by Crippen LogP contribution is 2.76. The van der Waals surface area contributed by atoms with Crippen LogP contribution in [0.25, 0.3) is 0 Å². The van der Waals surface area contributed by atoms with E-state index in [9.17, 15) is 9.59 Å². The lowest BCUT2D eigenvalue weighted by molar-refractivity contribution is -0.196. The molecule has 1 N–H and O–H groups in total. The number of piperidine rings is 2. The Balaban J connectivity index is 1.69. The summed E-state index contributed by atoms with van der Waals surface area (Å²) in [6.07, 6.45) is 3.45. The molecule has 4 heterocycles. The third kappa shape index (κ3) is 1.70. The van der Waals surface area contributed by atoms with E-state index in [4.69, 9.17) is 14.2 Å². The van der Waals surface area contributed by atoms with Crippen molar-refractivity contribution in [3.8, 4) is 0 Å². The number of nitrogens with zero attached hydrogens (tertiary/aromatic N) is 1. The van der Waals surface area contributed by atoms with Crippen LogP contribution in [0.5, 0.6) is 0 Å². The van der Waals surface area contributed by atoms with Gasteiger partial charge in [0.1, 0.15) is 18.2 Å². The van der Waals surface area contributed by atoms with Gasteiger partial charge < -0.3 is 19.5 Å². The number of esters is 2. The average Bonchev–Trinajstić information content (AvgIpc) is 3.35. The van der Waals surface area contributed by atoms with Gasteiger partial charge in [-0.2, -0.15) is 0 Å². The molecule has 1 aromatic carbocycles. The minimum absolute atomic E-state index is 0.0163. The molecule has 6 atom stereocenters. The number of hydrogen-bond donors (Lipinski definition) is 1. The number of para-hydroxylation sites is 1. The average molecular weight is 410 g/mol. The Labute approximate surface area is 175 Å². The van der Waals surface area contributed by atoms with Crippen molar-refractivity contribution < 1.29 is 23.8 Å². The van der Waals surface area contributed by atoms with Gasteiger partial charge in [-0.1, -0.05) is 29.8 Å². The summed E-state index contributed by atoms with van der Waals surface area (Å²) in [6.45, 7) is 4.15. The van der Waals surface area contributed by atoms with Gasteiger partial charge >= 0.3 is 11.9 Å². The number of hydrogen-bond acceptors (Lipinski definition) is 7. The van der Waals surface area contributed by atoms with E-state index >= 15 is 0 Å². The number of anilines is 1. The lowest BCUT2D eigenvalue weighted by Crippen LogP contribution is -2.78. The van der Waals surface area contributed by atoms with E-state index in [1.807, 2.05) is 25.1 Å². The smallest absolute Gasteiger partial charge is 0.317 e. The lowest BCUT2D eigenvalue weighted by atomic mass is 9.42. The van der Waals surface area contributed by atoms with Crippen LogP contribution >= 0.6 is 0 Å². The first kappa shape index (κ1) is 18.4. The molecular weight excluding hydrogens is 384 g/mol. The van der Waals surface area contributed by atoms with E-state index in [-0.39, 0.29) is 30.8 Å². The highest BCUT2D eigenvalue weighted by molar-refractivity contribution is 5.86. The number of fused-ring (bicyclic) bond motifs is 4. The van der Waals surface area contributed by atoms with Crippen molar-refractivity contribution in [1.82, 2.24) is 4.90 Å². The molecule has 0 unspecified atom stereocenters. The van der Waals surface area contributed by atoms with Gasteiger partial charge in [-0.25, -0.2) is 0 Å². The number of carbonyl (C=O) groups is 2. The van der Waals surface area contributed by atoms with E-state index < -0.39 is 22.5 Å². The molecule has 6 rings (SSSR count). The van der Waals surface area contributed by atoms with Crippen molar-refractivity contribution >= 4 is 17.6 Å². The molecule has 7 nitrogen and oxygen atoms in total. The molecule has 0 amide bonds. The van der Waals surface area contributed by atoms with Crippen molar-refractivity contribution in [2.75, 3.05) is 25.6 Å². The van der Waals surface area contributed by atoms with Crippen LogP contribution in [0.15, 0.2) is 35.9 Å². The first-order valence-electron chi connectivity index (χ1n) is 10.6. The van der Waals surface area contributed by atoms with Crippen molar-refractivity contribution in [2.24, 2.45) is 11.3 Å². The summed E-state index contributed by atoms with van der Waals surface area (Å²) >= 11 is 0. The molecule has 7 heteroatoms. The van der Waals surface area contributed by atoms with E-state index in [2.05, 4.69) is 22.4 Å². The summed E-state index contributed by atoms with van der Waals surface area (Å²) in [5.74, 6) is -0.804. The van der Waals surface area contributed by atoms with Crippen LogP contribution in [0.1, 0.15) is 32.3 Å². The molecular formula is C23H26N2O5. The highest BCUT2D eigenvalue weighted by Gasteiger charge is 2.87. The lowest BCUT2D eigenvalue weighted by Gasteiger charge is -2.64. The molecule has 0 aromatic heterocycles. The quantitative estimate of drug-likeness (QED) is 0.605. The number of nitrogens with one attached hydrogen (secondary N) is 1. The second-order valence-corrected chi connectivity index (χ2v) is 9.17. The maximum absolute atomic E-state index is 13.8. The van der Waals surface area contributed by atoms with E-state index in [0.717, 1.165) is 24.2 Å². The van der Waals surface area contributed by atoms with Gasteiger partial charge in [0.05, 0.1) is 18.6 Å². The van der Waals surface area contributed by atoms with Crippen LogP contribution in [-0.2, 0) is 29.2 Å². The minimum Gasteiger partial charge on any atom is -0.468 e. The Kier molecular flexibility index (Phi) is 3.46. The van der Waals surface area contributed by atoms with Crippen LogP contribution in [0.2, 0.25) is 0 Å². The van der Waals surface area contributed by atoms with Gasteiger partial charge in [0.15, 0.2) is 5.72 Å². The molecule has 1 aromatic rings. The van der Waals surface area contributed by atoms with Crippen molar-refractivity contribution in [2.45, 2.75) is 50.1 Å². The summed E-state index contributed by atoms with van der Waals surface area (Å²) in [7, 11) is 1.43. The zero-order chi connectivity index (χ0) is 20.9. The molecule has 4 bridgehead atoms. The second kappa shape index (κ2) is 5.65. The number of methoxy groups -OCH3 is 1. The maximum atomic E-state index is 13.8. The van der Waals surface area contributed by atoms with Crippen LogP contribution in [0.4, 0.5) is 5.69 Å². The highest BCUT2D eigenvalue weighted by atomic mass is 16.6.